The molecule has 0 aliphatic rings. The zero-order valence-corrected chi connectivity index (χ0v) is 14.5. The van der Waals surface area contributed by atoms with Gasteiger partial charge in [0.05, 0.1) is 0 Å². The van der Waals surface area contributed by atoms with Crippen LogP contribution in [0, 0.1) is 5.82 Å². The molecule has 25 heavy (non-hydrogen) atoms. The molecule has 134 valence electrons. The average molecular weight is 344 g/mol. The summed E-state index contributed by atoms with van der Waals surface area (Å²) in [5, 5.41) is 15.0. The van der Waals surface area contributed by atoms with Gasteiger partial charge in [-0.15, -0.1) is 0 Å². The first kappa shape index (κ1) is 19.1. The van der Waals surface area contributed by atoms with E-state index in [1.165, 1.54) is 24.3 Å². The van der Waals surface area contributed by atoms with Crippen molar-refractivity contribution in [1.82, 2.24) is 5.32 Å². The number of nitrogens with one attached hydrogen (secondary N) is 2. The van der Waals surface area contributed by atoms with Crippen molar-refractivity contribution in [3.05, 3.63) is 65.5 Å². The summed E-state index contributed by atoms with van der Waals surface area (Å²) in [6.07, 6.45) is 2.90. The van der Waals surface area contributed by atoms with E-state index in [2.05, 4.69) is 17.6 Å². The molecule has 5 heteroatoms. The first-order valence-corrected chi connectivity index (χ1v) is 8.61. The summed E-state index contributed by atoms with van der Waals surface area (Å²) in [5.41, 5.74) is 2.26. The molecular formula is C20H25FN2O2. The largest absolute Gasteiger partial charge is 0.396 e. The molecule has 2 rings (SSSR count). The zero-order valence-electron chi connectivity index (χ0n) is 14.5. The molecule has 1 amide bonds. The maximum Gasteiger partial charge on any atom is 0.255 e. The second-order valence-electron chi connectivity index (χ2n) is 6.04. The van der Waals surface area contributed by atoms with Gasteiger partial charge in [-0.3, -0.25) is 4.79 Å². The average Bonchev–Trinajstić information content (AvgIpc) is 2.62. The lowest BCUT2D eigenvalue weighted by Gasteiger charge is -2.15. The zero-order chi connectivity index (χ0) is 18.1. The predicted octanol–water partition coefficient (Wildman–Crippen LogP) is 3.89. The van der Waals surface area contributed by atoms with Crippen LogP contribution in [0.2, 0.25) is 0 Å². The van der Waals surface area contributed by atoms with Crippen LogP contribution in [0.4, 0.5) is 10.1 Å². The molecule has 0 heterocycles. The SMILES string of the molecule is CC(NCCCCCO)c1ccc(NC(=O)c2ccc(F)cc2)cc1. The fourth-order valence-electron chi connectivity index (χ4n) is 2.51. The van der Waals surface area contributed by atoms with E-state index in [1.807, 2.05) is 24.3 Å². The normalized spacial score (nSPS) is 12.0. The number of aliphatic hydroxyl groups excluding tert-OH is 1. The van der Waals surface area contributed by atoms with E-state index >= 15 is 0 Å². The van der Waals surface area contributed by atoms with Crippen LogP contribution in [0.25, 0.3) is 0 Å². The van der Waals surface area contributed by atoms with Crippen molar-refractivity contribution in [2.45, 2.75) is 32.2 Å². The van der Waals surface area contributed by atoms with Crippen molar-refractivity contribution in [2.24, 2.45) is 0 Å². The molecule has 0 aliphatic heterocycles. The maximum absolute atomic E-state index is 12.9. The van der Waals surface area contributed by atoms with E-state index in [-0.39, 0.29) is 24.4 Å². The lowest BCUT2D eigenvalue weighted by atomic mass is 10.1. The number of unbranched alkanes of at least 4 members (excludes halogenated alkanes) is 2. The van der Waals surface area contributed by atoms with Gasteiger partial charge in [0, 0.05) is 23.9 Å². The highest BCUT2D eigenvalue weighted by atomic mass is 19.1. The number of halogens is 1. The van der Waals surface area contributed by atoms with E-state index in [9.17, 15) is 9.18 Å². The van der Waals surface area contributed by atoms with Gasteiger partial charge in [-0.25, -0.2) is 4.39 Å². The summed E-state index contributed by atoms with van der Waals surface area (Å²) in [6.45, 7) is 3.25. The molecule has 3 N–H and O–H groups in total. The van der Waals surface area contributed by atoms with Gasteiger partial charge in [0.2, 0.25) is 0 Å². The quantitative estimate of drug-likeness (QED) is 0.605. The van der Waals surface area contributed by atoms with Gasteiger partial charge in [-0.2, -0.15) is 0 Å². The number of amides is 1. The molecule has 4 nitrogen and oxygen atoms in total. The van der Waals surface area contributed by atoms with Gasteiger partial charge in [0.15, 0.2) is 0 Å². The van der Waals surface area contributed by atoms with Gasteiger partial charge in [0.1, 0.15) is 5.82 Å². The third kappa shape index (κ3) is 6.29. The Hall–Kier alpha value is -2.24. The maximum atomic E-state index is 12.9. The molecule has 0 aliphatic carbocycles. The van der Waals surface area contributed by atoms with Crippen molar-refractivity contribution in [3.8, 4) is 0 Å². The van der Waals surface area contributed by atoms with Gasteiger partial charge >= 0.3 is 0 Å². The number of rotatable bonds is 9. The Morgan fingerprint density at radius 3 is 2.36 bits per heavy atom. The van der Waals surface area contributed by atoms with Gasteiger partial charge in [0.25, 0.3) is 5.91 Å². The van der Waals surface area contributed by atoms with Crippen LogP contribution in [0.3, 0.4) is 0 Å². The van der Waals surface area contributed by atoms with Crippen molar-refractivity contribution in [1.29, 1.82) is 0 Å². The second-order valence-corrected chi connectivity index (χ2v) is 6.04. The highest BCUT2D eigenvalue weighted by molar-refractivity contribution is 6.04. The Morgan fingerprint density at radius 2 is 1.72 bits per heavy atom. The topological polar surface area (TPSA) is 61.4 Å². The molecule has 0 aromatic heterocycles. The molecular weight excluding hydrogens is 319 g/mol. The van der Waals surface area contributed by atoms with Crippen LogP contribution in [-0.2, 0) is 0 Å². The smallest absolute Gasteiger partial charge is 0.255 e. The highest BCUT2D eigenvalue weighted by Crippen LogP contribution is 2.17. The highest BCUT2D eigenvalue weighted by Gasteiger charge is 2.08. The van der Waals surface area contributed by atoms with Gasteiger partial charge < -0.3 is 15.7 Å². The van der Waals surface area contributed by atoms with Crippen LogP contribution in [0.1, 0.15) is 48.1 Å². The number of anilines is 1. The number of hydrogen-bond donors (Lipinski definition) is 3. The Morgan fingerprint density at radius 1 is 1.04 bits per heavy atom. The Labute approximate surface area is 148 Å². The molecule has 2 aromatic carbocycles. The minimum atomic E-state index is -0.362. The number of benzene rings is 2. The Balaban J connectivity index is 1.84. The summed E-state index contributed by atoms with van der Waals surface area (Å²) < 4.78 is 12.9. The third-order valence-corrected chi connectivity index (χ3v) is 4.06. The molecule has 0 radical (unpaired) electrons. The molecule has 0 spiro atoms. The van der Waals surface area contributed by atoms with Crippen LogP contribution in [0.15, 0.2) is 48.5 Å². The fraction of sp³-hybridized carbons (Fsp3) is 0.350. The molecule has 1 unspecified atom stereocenters. The molecule has 0 saturated heterocycles. The fourth-order valence-corrected chi connectivity index (χ4v) is 2.51. The molecule has 0 bridgehead atoms. The number of carbonyl (C=O) groups is 1. The van der Waals surface area contributed by atoms with Crippen LogP contribution >= 0.6 is 0 Å². The second kappa shape index (κ2) is 9.91. The summed E-state index contributed by atoms with van der Waals surface area (Å²) in [4.78, 5) is 12.1. The van der Waals surface area contributed by atoms with E-state index < -0.39 is 0 Å². The summed E-state index contributed by atoms with van der Waals surface area (Å²) in [5.74, 6) is -0.624. The molecule has 2 aromatic rings. The first-order valence-electron chi connectivity index (χ1n) is 8.61. The van der Waals surface area contributed by atoms with E-state index in [1.54, 1.807) is 0 Å². The van der Waals surface area contributed by atoms with E-state index in [0.717, 1.165) is 31.4 Å². The van der Waals surface area contributed by atoms with Crippen LogP contribution in [0.5, 0.6) is 0 Å². The first-order chi connectivity index (χ1) is 12.1. The molecule has 0 fully saturated rings. The summed E-state index contributed by atoms with van der Waals surface area (Å²) in [7, 11) is 0. The van der Waals surface area contributed by atoms with Crippen molar-refractivity contribution < 1.29 is 14.3 Å². The monoisotopic (exact) mass is 344 g/mol. The van der Waals surface area contributed by atoms with Crippen LogP contribution < -0.4 is 10.6 Å². The molecule has 0 saturated carbocycles. The number of aliphatic hydroxyl groups is 1. The lowest BCUT2D eigenvalue weighted by Crippen LogP contribution is -2.20. The third-order valence-electron chi connectivity index (χ3n) is 4.06. The molecule has 1 atom stereocenters. The standard InChI is InChI=1S/C20H25FN2O2/c1-15(22-13-3-2-4-14-24)16-7-11-19(12-8-16)23-20(25)17-5-9-18(21)10-6-17/h5-12,15,22,24H,2-4,13-14H2,1H3,(H,23,25). The van der Waals surface area contributed by atoms with Gasteiger partial charge in [-0.1, -0.05) is 12.1 Å². The number of hydrogen-bond acceptors (Lipinski definition) is 3. The number of carbonyl (C=O) groups excluding carboxylic acids is 1. The summed E-state index contributed by atoms with van der Waals surface area (Å²) in [6, 6.07) is 13.4. The van der Waals surface area contributed by atoms with Crippen molar-refractivity contribution in [3.63, 3.8) is 0 Å². The van der Waals surface area contributed by atoms with Crippen molar-refractivity contribution in [2.75, 3.05) is 18.5 Å². The summed E-state index contributed by atoms with van der Waals surface area (Å²) >= 11 is 0. The predicted molar refractivity (Wildman–Crippen MR) is 98.1 cm³/mol. The minimum Gasteiger partial charge on any atom is -0.396 e. The lowest BCUT2D eigenvalue weighted by molar-refractivity contribution is 0.102. The minimum absolute atomic E-state index is 0.218. The Kier molecular flexibility index (Phi) is 7.57. The van der Waals surface area contributed by atoms with E-state index in [4.69, 9.17) is 5.11 Å². The Bertz CT molecular complexity index is 656. The van der Waals surface area contributed by atoms with Crippen molar-refractivity contribution >= 4 is 11.6 Å². The van der Waals surface area contributed by atoms with E-state index in [0.29, 0.717) is 11.3 Å². The van der Waals surface area contributed by atoms with Crippen LogP contribution in [-0.4, -0.2) is 24.2 Å². The van der Waals surface area contributed by atoms with Gasteiger partial charge in [-0.05, 0) is 74.7 Å².